The largest absolute Gasteiger partial charge is 0.478 e. The predicted molar refractivity (Wildman–Crippen MR) is 76.3 cm³/mol. The van der Waals surface area contributed by atoms with E-state index >= 15 is 0 Å². The van der Waals surface area contributed by atoms with Crippen LogP contribution in [-0.4, -0.2) is 16.8 Å². The summed E-state index contributed by atoms with van der Waals surface area (Å²) in [6.07, 6.45) is 0.511. The lowest BCUT2D eigenvalue weighted by Crippen LogP contribution is -2.04. The Morgan fingerprint density at radius 3 is 2.50 bits per heavy atom. The average Bonchev–Trinajstić information content (AvgIpc) is 2.39. The number of rotatable bonds is 4. The Balaban J connectivity index is 2.53. The molecule has 0 heterocycles. The van der Waals surface area contributed by atoms with Crippen molar-refractivity contribution >= 4 is 18.6 Å². The smallest absolute Gasteiger partial charge is 0.335 e. The van der Waals surface area contributed by atoms with Crippen molar-refractivity contribution in [3.8, 4) is 11.1 Å². The highest BCUT2D eigenvalue weighted by molar-refractivity contribution is 7.80. The average molecular weight is 294 g/mol. The van der Waals surface area contributed by atoms with Gasteiger partial charge in [0.2, 0.25) is 0 Å². The van der Waals surface area contributed by atoms with Gasteiger partial charge in [0.05, 0.1) is 5.56 Å². The zero-order valence-corrected chi connectivity index (χ0v) is 11.3. The zero-order valence-electron chi connectivity index (χ0n) is 10.4. The van der Waals surface area contributed by atoms with E-state index in [0.29, 0.717) is 23.3 Å². The third kappa shape index (κ3) is 2.99. The lowest BCUT2D eigenvalue weighted by molar-refractivity contribution is 0.0696. The number of benzene rings is 2. The number of aryl methyl sites for hydroxylation is 1. The minimum atomic E-state index is -1.08. The van der Waals surface area contributed by atoms with Gasteiger partial charge in [0, 0.05) is 11.6 Å². The maximum atomic E-state index is 13.7. The Bertz CT molecular complexity index is 656. The van der Waals surface area contributed by atoms with Gasteiger partial charge < -0.3 is 5.11 Å². The van der Waals surface area contributed by atoms with Crippen molar-refractivity contribution in [2.45, 2.75) is 6.42 Å². The SMILES string of the molecule is O=C(O)c1cc(-c2ccc(F)cc2F)ccc1CCS. The molecule has 0 radical (unpaired) electrons. The summed E-state index contributed by atoms with van der Waals surface area (Å²) >= 11 is 4.08. The number of hydrogen-bond acceptors (Lipinski definition) is 2. The summed E-state index contributed by atoms with van der Waals surface area (Å²) in [5, 5.41) is 9.20. The standard InChI is InChI=1S/C15H12F2O2S/c16-11-3-4-12(14(17)8-11)10-2-1-9(5-6-20)13(7-10)15(18)19/h1-4,7-8,20H,5-6H2,(H,18,19). The van der Waals surface area contributed by atoms with Gasteiger partial charge in [-0.1, -0.05) is 12.1 Å². The van der Waals surface area contributed by atoms with E-state index < -0.39 is 17.6 Å². The molecule has 0 aliphatic carbocycles. The predicted octanol–water partition coefficient (Wildman–Crippen LogP) is 3.80. The molecule has 1 N–H and O–H groups in total. The van der Waals surface area contributed by atoms with Crippen molar-refractivity contribution in [2.24, 2.45) is 0 Å². The zero-order chi connectivity index (χ0) is 14.7. The molecule has 2 aromatic carbocycles. The van der Waals surface area contributed by atoms with Gasteiger partial charge >= 0.3 is 5.97 Å². The van der Waals surface area contributed by atoms with Crippen molar-refractivity contribution < 1.29 is 18.7 Å². The molecule has 0 amide bonds. The second-order valence-corrected chi connectivity index (χ2v) is 4.72. The van der Waals surface area contributed by atoms with Crippen LogP contribution >= 0.6 is 12.6 Å². The molecular formula is C15H12F2O2S. The summed E-state index contributed by atoms with van der Waals surface area (Å²) in [6.45, 7) is 0. The van der Waals surface area contributed by atoms with E-state index in [2.05, 4.69) is 12.6 Å². The van der Waals surface area contributed by atoms with Gasteiger partial charge in [-0.15, -0.1) is 0 Å². The van der Waals surface area contributed by atoms with Crippen molar-refractivity contribution in [3.63, 3.8) is 0 Å². The van der Waals surface area contributed by atoms with Gasteiger partial charge in [0.15, 0.2) is 0 Å². The molecule has 0 bridgehead atoms. The van der Waals surface area contributed by atoms with Gasteiger partial charge in [0.25, 0.3) is 0 Å². The molecule has 0 aliphatic rings. The molecule has 20 heavy (non-hydrogen) atoms. The van der Waals surface area contributed by atoms with Crippen LogP contribution in [0.5, 0.6) is 0 Å². The van der Waals surface area contributed by atoms with Crippen LogP contribution in [0.1, 0.15) is 15.9 Å². The number of hydrogen-bond donors (Lipinski definition) is 2. The van der Waals surface area contributed by atoms with Crippen molar-refractivity contribution in [2.75, 3.05) is 5.75 Å². The summed E-state index contributed by atoms with van der Waals surface area (Å²) in [4.78, 5) is 11.2. The van der Waals surface area contributed by atoms with E-state index in [0.717, 1.165) is 12.1 Å². The monoisotopic (exact) mass is 294 g/mol. The number of carboxylic acid groups (broad SMARTS) is 1. The molecule has 104 valence electrons. The highest BCUT2D eigenvalue weighted by atomic mass is 32.1. The van der Waals surface area contributed by atoms with Crippen LogP contribution < -0.4 is 0 Å². The van der Waals surface area contributed by atoms with E-state index in [1.165, 1.54) is 12.1 Å². The van der Waals surface area contributed by atoms with Crippen LogP contribution in [0, 0.1) is 11.6 Å². The topological polar surface area (TPSA) is 37.3 Å². The van der Waals surface area contributed by atoms with Crippen LogP contribution in [0.4, 0.5) is 8.78 Å². The highest BCUT2D eigenvalue weighted by Gasteiger charge is 2.13. The third-order valence-electron chi connectivity index (χ3n) is 2.96. The van der Waals surface area contributed by atoms with E-state index in [4.69, 9.17) is 0 Å². The minimum absolute atomic E-state index is 0.111. The minimum Gasteiger partial charge on any atom is -0.478 e. The van der Waals surface area contributed by atoms with E-state index in [1.807, 2.05) is 0 Å². The molecule has 0 unspecified atom stereocenters. The summed E-state index contributed by atoms with van der Waals surface area (Å²) in [5.74, 6) is -1.95. The molecule has 0 spiro atoms. The fourth-order valence-electron chi connectivity index (χ4n) is 2.01. The molecule has 5 heteroatoms. The second kappa shape index (κ2) is 6.05. The quantitative estimate of drug-likeness (QED) is 0.842. The van der Waals surface area contributed by atoms with E-state index in [-0.39, 0.29) is 11.1 Å². The van der Waals surface area contributed by atoms with Crippen LogP contribution in [0.25, 0.3) is 11.1 Å². The highest BCUT2D eigenvalue weighted by Crippen LogP contribution is 2.26. The van der Waals surface area contributed by atoms with Crippen molar-refractivity contribution in [3.05, 3.63) is 59.2 Å². The normalized spacial score (nSPS) is 10.6. The fourth-order valence-corrected chi connectivity index (χ4v) is 2.25. The first-order valence-electron chi connectivity index (χ1n) is 5.95. The second-order valence-electron chi connectivity index (χ2n) is 4.27. The Morgan fingerprint density at radius 2 is 1.90 bits per heavy atom. The number of aromatic carboxylic acids is 1. The summed E-state index contributed by atoms with van der Waals surface area (Å²) in [7, 11) is 0. The van der Waals surface area contributed by atoms with Crippen LogP contribution in [0.3, 0.4) is 0 Å². The Labute approximate surface area is 120 Å². The first-order valence-corrected chi connectivity index (χ1v) is 6.58. The molecule has 0 saturated carbocycles. The molecular weight excluding hydrogens is 282 g/mol. The first kappa shape index (κ1) is 14.5. The van der Waals surface area contributed by atoms with Gasteiger partial charge in [-0.25, -0.2) is 13.6 Å². The van der Waals surface area contributed by atoms with Gasteiger partial charge in [-0.3, -0.25) is 0 Å². The number of thiol groups is 1. The maximum absolute atomic E-state index is 13.7. The van der Waals surface area contributed by atoms with Crippen molar-refractivity contribution in [1.29, 1.82) is 0 Å². The number of carboxylic acids is 1. The molecule has 0 aromatic heterocycles. The summed E-state index contributed by atoms with van der Waals surface area (Å²) in [6, 6.07) is 7.87. The Hall–Kier alpha value is -1.88. The lowest BCUT2D eigenvalue weighted by atomic mass is 9.97. The Kier molecular flexibility index (Phi) is 4.39. The molecule has 0 aliphatic heterocycles. The summed E-state index contributed by atoms with van der Waals surface area (Å²) in [5.41, 5.74) is 1.33. The van der Waals surface area contributed by atoms with Crippen LogP contribution in [0.2, 0.25) is 0 Å². The van der Waals surface area contributed by atoms with Gasteiger partial charge in [0.1, 0.15) is 11.6 Å². The van der Waals surface area contributed by atoms with Gasteiger partial charge in [-0.2, -0.15) is 12.6 Å². The molecule has 2 aromatic rings. The number of carbonyl (C=O) groups is 1. The Morgan fingerprint density at radius 1 is 1.15 bits per heavy atom. The van der Waals surface area contributed by atoms with Gasteiger partial charge in [-0.05, 0) is 41.5 Å². The molecule has 0 saturated heterocycles. The fraction of sp³-hybridized carbons (Fsp3) is 0.133. The molecule has 0 fully saturated rings. The lowest BCUT2D eigenvalue weighted by Gasteiger charge is -2.09. The van der Waals surface area contributed by atoms with Crippen LogP contribution in [-0.2, 0) is 6.42 Å². The van der Waals surface area contributed by atoms with E-state index in [9.17, 15) is 18.7 Å². The number of halogens is 2. The summed E-state index contributed by atoms with van der Waals surface area (Å²) < 4.78 is 26.6. The first-order chi connectivity index (χ1) is 9.52. The molecule has 2 rings (SSSR count). The van der Waals surface area contributed by atoms with Crippen molar-refractivity contribution in [1.82, 2.24) is 0 Å². The van der Waals surface area contributed by atoms with E-state index in [1.54, 1.807) is 12.1 Å². The maximum Gasteiger partial charge on any atom is 0.335 e. The molecule has 0 atom stereocenters. The van der Waals surface area contributed by atoms with Crippen LogP contribution in [0.15, 0.2) is 36.4 Å². The molecule has 2 nitrogen and oxygen atoms in total. The third-order valence-corrected chi connectivity index (χ3v) is 3.19.